The summed E-state index contributed by atoms with van der Waals surface area (Å²) in [7, 11) is 2.66. The van der Waals surface area contributed by atoms with Crippen molar-refractivity contribution in [3.63, 3.8) is 0 Å². The monoisotopic (exact) mass is 732 g/mol. The van der Waals surface area contributed by atoms with Crippen LogP contribution >= 0.6 is 11.6 Å². The zero-order valence-corrected chi connectivity index (χ0v) is 32.5. The van der Waals surface area contributed by atoms with E-state index in [-0.39, 0.29) is 34.0 Å². The second-order valence-electron chi connectivity index (χ2n) is 14.5. The highest BCUT2D eigenvalue weighted by Gasteiger charge is 2.58. The minimum absolute atomic E-state index is 0.156. The van der Waals surface area contributed by atoms with Crippen LogP contribution in [0, 0.1) is 11.3 Å². The molecule has 2 unspecified atom stereocenters. The first kappa shape index (κ1) is 42.2. The van der Waals surface area contributed by atoms with Gasteiger partial charge in [0.05, 0.1) is 23.0 Å². The number of ketones is 1. The number of unbranched alkanes of at least 4 members (excludes halogenated alkanes) is 13. The van der Waals surface area contributed by atoms with Gasteiger partial charge in [0.2, 0.25) is 12.1 Å². The number of nitrogens with one attached hydrogen (secondary N) is 2. The summed E-state index contributed by atoms with van der Waals surface area (Å²) in [4.78, 5) is 69.0. The van der Waals surface area contributed by atoms with Gasteiger partial charge in [-0.05, 0) is 31.7 Å². The van der Waals surface area contributed by atoms with Gasteiger partial charge in [-0.3, -0.25) is 24.1 Å². The number of nitrogens with zero attached hydrogens (tertiary/aromatic N) is 2. The van der Waals surface area contributed by atoms with E-state index in [0.29, 0.717) is 30.8 Å². The lowest BCUT2D eigenvalue weighted by Crippen LogP contribution is -2.54. The molecule has 11 nitrogen and oxygen atoms in total. The number of methoxy groups -OCH3 is 1. The molecule has 1 aromatic rings. The number of ether oxygens (including phenoxy) is 2. The summed E-state index contributed by atoms with van der Waals surface area (Å²) in [5.41, 5.74) is -0.392. The van der Waals surface area contributed by atoms with Crippen molar-refractivity contribution in [3.8, 4) is 5.75 Å². The van der Waals surface area contributed by atoms with E-state index in [0.717, 1.165) is 24.2 Å². The summed E-state index contributed by atoms with van der Waals surface area (Å²) in [6.45, 7) is 7.94. The Morgan fingerprint density at radius 2 is 1.37 bits per heavy atom. The van der Waals surface area contributed by atoms with Crippen LogP contribution in [0.1, 0.15) is 137 Å². The SMILES string of the molecule is CCCCCCCCCCCCCCCCOc1cc(Cl)c(NC(=O)C(C)C)cc1NC(=O)C(C(=O)C1(CC)CC1)N1C(=O)C(OC)N(C)C1=O. The molecule has 1 aliphatic carbocycles. The second kappa shape index (κ2) is 20.8. The van der Waals surface area contributed by atoms with Crippen molar-refractivity contribution in [2.45, 2.75) is 149 Å². The number of urea groups is 1. The van der Waals surface area contributed by atoms with E-state index in [2.05, 4.69) is 17.6 Å². The minimum atomic E-state index is -1.72. The molecule has 5 amide bonds. The van der Waals surface area contributed by atoms with Crippen LogP contribution in [0.3, 0.4) is 0 Å². The maximum Gasteiger partial charge on any atom is 0.330 e. The number of likely N-dealkylation sites (N-methyl/N-ethyl adjacent to an activating group) is 1. The molecule has 1 aliphatic heterocycles. The van der Waals surface area contributed by atoms with Crippen LogP contribution in [-0.2, 0) is 23.9 Å². The number of carbonyl (C=O) groups excluding carboxylic acids is 5. The van der Waals surface area contributed by atoms with Gasteiger partial charge < -0.3 is 20.1 Å². The van der Waals surface area contributed by atoms with E-state index < -0.39 is 41.3 Å². The molecule has 51 heavy (non-hydrogen) atoms. The molecular weight excluding hydrogens is 672 g/mol. The Morgan fingerprint density at radius 3 is 1.84 bits per heavy atom. The van der Waals surface area contributed by atoms with Gasteiger partial charge in [-0.15, -0.1) is 0 Å². The number of Topliss-reactive ketones (excluding diaryl/α,β-unsaturated/α-hetero) is 1. The summed E-state index contributed by atoms with van der Waals surface area (Å²) in [6.07, 6.45) is 17.6. The van der Waals surface area contributed by atoms with Crippen LogP contribution in [0.5, 0.6) is 5.75 Å². The molecule has 286 valence electrons. The van der Waals surface area contributed by atoms with Crippen molar-refractivity contribution < 1.29 is 33.4 Å². The molecular formula is C39H61ClN4O7. The quantitative estimate of drug-likeness (QED) is 0.0583. The molecule has 12 heteroatoms. The molecule has 0 radical (unpaired) electrons. The van der Waals surface area contributed by atoms with Gasteiger partial charge in [0.1, 0.15) is 5.75 Å². The Balaban J connectivity index is 1.67. The molecule has 1 saturated carbocycles. The van der Waals surface area contributed by atoms with Crippen molar-refractivity contribution >= 4 is 52.5 Å². The first-order valence-corrected chi connectivity index (χ1v) is 19.5. The maximum absolute atomic E-state index is 14.1. The lowest BCUT2D eigenvalue weighted by Gasteiger charge is -2.27. The van der Waals surface area contributed by atoms with Crippen LogP contribution in [0.15, 0.2) is 12.1 Å². The number of carbonyl (C=O) groups is 5. The van der Waals surface area contributed by atoms with Crippen molar-refractivity contribution in [1.82, 2.24) is 9.80 Å². The van der Waals surface area contributed by atoms with Gasteiger partial charge >= 0.3 is 6.03 Å². The van der Waals surface area contributed by atoms with Crippen molar-refractivity contribution in [2.75, 3.05) is 31.4 Å². The molecule has 1 aromatic carbocycles. The van der Waals surface area contributed by atoms with Crippen molar-refractivity contribution in [1.29, 1.82) is 0 Å². The van der Waals surface area contributed by atoms with Crippen LogP contribution in [0.2, 0.25) is 5.02 Å². The predicted octanol–water partition coefficient (Wildman–Crippen LogP) is 8.73. The Kier molecular flexibility index (Phi) is 17.2. The fourth-order valence-corrected chi connectivity index (χ4v) is 6.74. The lowest BCUT2D eigenvalue weighted by molar-refractivity contribution is -0.147. The van der Waals surface area contributed by atoms with Gasteiger partial charge in [-0.2, -0.15) is 0 Å². The highest BCUT2D eigenvalue weighted by atomic mass is 35.5. The number of amides is 5. The summed E-state index contributed by atoms with van der Waals surface area (Å²) < 4.78 is 11.3. The van der Waals surface area contributed by atoms with Crippen molar-refractivity contribution in [3.05, 3.63) is 17.2 Å². The minimum Gasteiger partial charge on any atom is -0.491 e. The van der Waals surface area contributed by atoms with Crippen LogP contribution in [0.4, 0.5) is 16.2 Å². The van der Waals surface area contributed by atoms with Crippen molar-refractivity contribution in [2.24, 2.45) is 11.3 Å². The van der Waals surface area contributed by atoms with E-state index in [9.17, 15) is 24.0 Å². The Hall–Kier alpha value is -3.18. The molecule has 1 saturated heterocycles. The first-order chi connectivity index (χ1) is 24.4. The smallest absolute Gasteiger partial charge is 0.330 e. The number of rotatable bonds is 25. The van der Waals surface area contributed by atoms with E-state index in [4.69, 9.17) is 21.1 Å². The third kappa shape index (κ3) is 11.7. The maximum atomic E-state index is 14.1. The van der Waals surface area contributed by atoms with E-state index >= 15 is 0 Å². The van der Waals surface area contributed by atoms with E-state index in [1.54, 1.807) is 13.8 Å². The summed E-state index contributed by atoms with van der Waals surface area (Å²) >= 11 is 6.57. The lowest BCUT2D eigenvalue weighted by atomic mass is 9.91. The molecule has 0 aromatic heterocycles. The average molecular weight is 733 g/mol. The van der Waals surface area contributed by atoms with Gasteiger partial charge in [0, 0.05) is 31.6 Å². The third-order valence-electron chi connectivity index (χ3n) is 10.2. The summed E-state index contributed by atoms with van der Waals surface area (Å²) in [5.74, 6) is -2.52. The van der Waals surface area contributed by atoms with E-state index in [1.165, 1.54) is 96.9 Å². The highest BCUT2D eigenvalue weighted by molar-refractivity contribution is 6.34. The van der Waals surface area contributed by atoms with Gasteiger partial charge in [-0.25, -0.2) is 9.69 Å². The Bertz CT molecular complexity index is 1350. The standard InChI is InChI=1S/C39H61ClN4O7/c1-7-9-10-11-12-13-14-15-16-17-18-19-20-21-24-51-31-25-28(40)29(41-34(46)27(3)4)26-30(31)42-35(47)32(33(45)39(8-2)22-23-39)44-36(48)37(50-6)43(5)38(44)49/h25-27,32,37H,7-24H2,1-6H3,(H,41,46)(H,42,47). The molecule has 2 N–H and O–H groups in total. The number of imide groups is 1. The number of halogens is 1. The number of anilines is 2. The largest absolute Gasteiger partial charge is 0.491 e. The fraction of sp³-hybridized carbons (Fsp3) is 0.718. The average Bonchev–Trinajstić information content (AvgIpc) is 3.88. The number of hydrogen-bond acceptors (Lipinski definition) is 7. The molecule has 2 aliphatic rings. The third-order valence-corrected chi connectivity index (χ3v) is 10.5. The summed E-state index contributed by atoms with van der Waals surface area (Å²) in [5, 5.41) is 5.73. The van der Waals surface area contributed by atoms with E-state index in [1.807, 2.05) is 6.92 Å². The predicted molar refractivity (Wildman–Crippen MR) is 201 cm³/mol. The molecule has 1 heterocycles. The van der Waals surface area contributed by atoms with Crippen LogP contribution < -0.4 is 15.4 Å². The normalized spacial score (nSPS) is 17.2. The van der Waals surface area contributed by atoms with Gasteiger partial charge in [0.25, 0.3) is 11.8 Å². The number of benzene rings is 1. The topological polar surface area (TPSA) is 134 Å². The number of hydrogen-bond donors (Lipinski definition) is 2. The molecule has 3 rings (SSSR count). The molecule has 2 atom stereocenters. The van der Waals surface area contributed by atoms with Gasteiger partial charge in [0.15, 0.2) is 11.8 Å². The fourth-order valence-electron chi connectivity index (χ4n) is 6.54. The highest BCUT2D eigenvalue weighted by Crippen LogP contribution is 2.51. The summed E-state index contributed by atoms with van der Waals surface area (Å²) in [6, 6.07) is 0.469. The zero-order valence-electron chi connectivity index (χ0n) is 31.7. The van der Waals surface area contributed by atoms with Crippen LogP contribution in [0.25, 0.3) is 0 Å². The first-order valence-electron chi connectivity index (χ1n) is 19.2. The van der Waals surface area contributed by atoms with Crippen LogP contribution in [-0.4, -0.2) is 72.4 Å². The molecule has 0 spiro atoms. The second-order valence-corrected chi connectivity index (χ2v) is 14.9. The Morgan fingerprint density at radius 1 is 0.843 bits per heavy atom. The zero-order chi connectivity index (χ0) is 37.6. The Labute approximate surface area is 309 Å². The molecule has 0 bridgehead atoms. The van der Waals surface area contributed by atoms with Gasteiger partial charge in [-0.1, -0.05) is 123 Å². The molecule has 2 fully saturated rings.